The number of nitrogen functional groups attached to an aromatic ring is 1. The van der Waals surface area contributed by atoms with E-state index in [4.69, 9.17) is 17.3 Å². The van der Waals surface area contributed by atoms with Crippen molar-refractivity contribution in [3.05, 3.63) is 34.6 Å². The summed E-state index contributed by atoms with van der Waals surface area (Å²) in [7, 11) is 0. The van der Waals surface area contributed by atoms with Gasteiger partial charge in [-0.2, -0.15) is 0 Å². The topological polar surface area (TPSA) is 59.2 Å². The third-order valence-corrected chi connectivity index (χ3v) is 3.80. The van der Waals surface area contributed by atoms with Crippen LogP contribution >= 0.6 is 11.6 Å². The van der Waals surface area contributed by atoms with Crippen LogP contribution < -0.4 is 5.73 Å². The molecule has 0 atom stereocenters. The number of amides is 1. The molecule has 0 saturated heterocycles. The van der Waals surface area contributed by atoms with Crippen LogP contribution in [0.4, 0.5) is 5.69 Å². The number of aromatic nitrogens is 1. The fourth-order valence-electron chi connectivity index (χ4n) is 2.33. The molecule has 4 nitrogen and oxygen atoms in total. The number of pyridine rings is 1. The number of nitrogens with zero attached hydrogens (tertiary/aromatic N) is 2. The number of anilines is 1. The Hall–Kier alpha value is -1.55. The average Bonchev–Trinajstić information content (AvgIpc) is 2.40. The van der Waals surface area contributed by atoms with E-state index < -0.39 is 0 Å². The van der Waals surface area contributed by atoms with Gasteiger partial charge in [0.05, 0.1) is 17.4 Å². The highest BCUT2D eigenvalue weighted by atomic mass is 35.5. The summed E-state index contributed by atoms with van der Waals surface area (Å²) in [5, 5.41) is 0.283. The summed E-state index contributed by atoms with van der Waals surface area (Å²) in [5.74, 6) is -0.0870. The van der Waals surface area contributed by atoms with Crippen LogP contribution in [0, 0.1) is 5.41 Å². The molecule has 2 N–H and O–H groups in total. The zero-order valence-electron chi connectivity index (χ0n) is 12.1. The van der Waals surface area contributed by atoms with Crippen LogP contribution in [0.3, 0.4) is 0 Å². The summed E-state index contributed by atoms with van der Waals surface area (Å²) in [6, 6.07) is 1.53. The quantitative estimate of drug-likeness (QED) is 0.639. The number of hydrogen-bond acceptors (Lipinski definition) is 3. The molecule has 0 spiro atoms. The highest BCUT2D eigenvalue weighted by molar-refractivity contribution is 6.29. The molecule has 1 aromatic rings. The third-order valence-electron chi connectivity index (χ3n) is 3.59. The number of nitrogens with two attached hydrogens (primary N) is 1. The highest BCUT2D eigenvalue weighted by Gasteiger charge is 2.25. The van der Waals surface area contributed by atoms with Gasteiger partial charge in [-0.3, -0.25) is 4.79 Å². The van der Waals surface area contributed by atoms with E-state index in [1.54, 1.807) is 4.90 Å². The van der Waals surface area contributed by atoms with Crippen molar-refractivity contribution in [2.75, 3.05) is 18.8 Å². The highest BCUT2D eigenvalue weighted by Crippen LogP contribution is 2.30. The monoisotopic (exact) mass is 293 g/mol. The Morgan fingerprint density at radius 2 is 2.15 bits per heavy atom. The molecule has 1 aliphatic heterocycles. The van der Waals surface area contributed by atoms with Crippen LogP contribution in [0.1, 0.15) is 37.6 Å². The fraction of sp³-hybridized carbons (Fsp3) is 0.467. The Kier molecular flexibility index (Phi) is 4.04. The summed E-state index contributed by atoms with van der Waals surface area (Å²) >= 11 is 5.83. The molecule has 20 heavy (non-hydrogen) atoms. The molecule has 0 radical (unpaired) electrons. The number of hydrogen-bond donors (Lipinski definition) is 1. The lowest BCUT2D eigenvalue weighted by atomic mass is 9.83. The SMILES string of the molecule is CC(C)(C)C1=CCN(C(=O)c2cc(Cl)ncc2N)CC1. The van der Waals surface area contributed by atoms with Crippen LogP contribution in [0.25, 0.3) is 0 Å². The molecular formula is C15H20ClN3O. The molecule has 0 aromatic carbocycles. The predicted molar refractivity (Wildman–Crippen MR) is 81.7 cm³/mol. The molecule has 1 aliphatic rings. The summed E-state index contributed by atoms with van der Waals surface area (Å²) in [5.41, 5.74) is 8.16. The number of rotatable bonds is 1. The molecule has 5 heteroatoms. The summed E-state index contributed by atoms with van der Waals surface area (Å²) in [6.45, 7) is 7.90. The molecule has 0 bridgehead atoms. The van der Waals surface area contributed by atoms with Crippen molar-refractivity contribution in [2.45, 2.75) is 27.2 Å². The van der Waals surface area contributed by atoms with Crippen LogP contribution in [0.5, 0.6) is 0 Å². The minimum absolute atomic E-state index is 0.0870. The molecular weight excluding hydrogens is 274 g/mol. The van der Waals surface area contributed by atoms with Crippen molar-refractivity contribution < 1.29 is 4.79 Å². The predicted octanol–water partition coefficient (Wildman–Crippen LogP) is 3.14. The first-order valence-corrected chi connectivity index (χ1v) is 7.06. The van der Waals surface area contributed by atoms with Gasteiger partial charge in [0, 0.05) is 13.1 Å². The van der Waals surface area contributed by atoms with Gasteiger partial charge in [0.2, 0.25) is 0 Å². The molecule has 1 aromatic heterocycles. The summed E-state index contributed by atoms with van der Waals surface area (Å²) in [6.07, 6.45) is 4.46. The second kappa shape index (κ2) is 5.44. The Labute approximate surface area is 124 Å². The van der Waals surface area contributed by atoms with E-state index in [1.165, 1.54) is 17.8 Å². The van der Waals surface area contributed by atoms with Gasteiger partial charge in [-0.1, -0.05) is 44.0 Å². The standard InChI is InChI=1S/C15H20ClN3O/c1-15(2,3)10-4-6-19(7-5-10)14(20)11-8-13(16)18-9-12(11)17/h4,8-9H,5-7,17H2,1-3H3. The molecule has 1 amide bonds. The largest absolute Gasteiger partial charge is 0.397 e. The maximum atomic E-state index is 12.5. The van der Waals surface area contributed by atoms with Gasteiger partial charge in [0.25, 0.3) is 5.91 Å². The lowest BCUT2D eigenvalue weighted by Gasteiger charge is -2.32. The average molecular weight is 294 g/mol. The lowest BCUT2D eigenvalue weighted by Crippen LogP contribution is -2.36. The van der Waals surface area contributed by atoms with Gasteiger partial charge in [-0.05, 0) is 17.9 Å². The normalized spacial score (nSPS) is 16.0. The fourth-order valence-corrected chi connectivity index (χ4v) is 2.49. The van der Waals surface area contributed by atoms with Crippen molar-refractivity contribution in [1.29, 1.82) is 0 Å². The number of carbonyl (C=O) groups excluding carboxylic acids is 1. The summed E-state index contributed by atoms with van der Waals surface area (Å²) < 4.78 is 0. The van der Waals surface area contributed by atoms with Crippen LogP contribution in [0.2, 0.25) is 5.15 Å². The molecule has 0 saturated carbocycles. The van der Waals surface area contributed by atoms with Crippen LogP contribution in [-0.4, -0.2) is 28.9 Å². The molecule has 2 rings (SSSR count). The van der Waals surface area contributed by atoms with Gasteiger partial charge in [-0.15, -0.1) is 0 Å². The van der Waals surface area contributed by atoms with Crippen molar-refractivity contribution in [2.24, 2.45) is 5.41 Å². The van der Waals surface area contributed by atoms with E-state index >= 15 is 0 Å². The smallest absolute Gasteiger partial charge is 0.256 e. The Bertz CT molecular complexity index is 561. The first-order valence-electron chi connectivity index (χ1n) is 6.69. The number of carbonyl (C=O) groups is 1. The molecule has 0 aliphatic carbocycles. The van der Waals surface area contributed by atoms with Crippen molar-refractivity contribution in [3.63, 3.8) is 0 Å². The Morgan fingerprint density at radius 3 is 2.70 bits per heavy atom. The van der Waals surface area contributed by atoms with Gasteiger partial charge in [-0.25, -0.2) is 4.98 Å². The first-order chi connectivity index (χ1) is 9.29. The van der Waals surface area contributed by atoms with Crippen LogP contribution in [-0.2, 0) is 0 Å². The van der Waals surface area contributed by atoms with Crippen molar-refractivity contribution in [1.82, 2.24) is 9.88 Å². The molecule has 0 fully saturated rings. The minimum Gasteiger partial charge on any atom is -0.397 e. The van der Waals surface area contributed by atoms with Crippen molar-refractivity contribution in [3.8, 4) is 0 Å². The maximum Gasteiger partial charge on any atom is 0.256 e. The maximum absolute atomic E-state index is 12.5. The van der Waals surface area contributed by atoms with E-state index in [-0.39, 0.29) is 16.5 Å². The van der Waals surface area contributed by atoms with E-state index in [0.29, 0.717) is 24.3 Å². The van der Waals surface area contributed by atoms with Gasteiger partial charge in [0.15, 0.2) is 0 Å². The van der Waals surface area contributed by atoms with E-state index in [9.17, 15) is 4.79 Å². The zero-order valence-corrected chi connectivity index (χ0v) is 12.9. The molecule has 2 heterocycles. The lowest BCUT2D eigenvalue weighted by molar-refractivity contribution is 0.0766. The minimum atomic E-state index is -0.0870. The zero-order chi connectivity index (χ0) is 14.9. The Balaban J connectivity index is 2.17. The van der Waals surface area contributed by atoms with Crippen molar-refractivity contribution >= 4 is 23.2 Å². The van der Waals surface area contributed by atoms with Gasteiger partial charge < -0.3 is 10.6 Å². The number of halogens is 1. The summed E-state index contributed by atoms with van der Waals surface area (Å²) in [4.78, 5) is 18.1. The van der Waals surface area contributed by atoms with Gasteiger partial charge in [0.1, 0.15) is 5.15 Å². The molecule has 0 unspecified atom stereocenters. The first kappa shape index (κ1) is 14.9. The Morgan fingerprint density at radius 1 is 1.45 bits per heavy atom. The third kappa shape index (κ3) is 3.12. The van der Waals surface area contributed by atoms with E-state index in [1.807, 2.05) is 0 Å². The molecule has 108 valence electrons. The van der Waals surface area contributed by atoms with E-state index in [0.717, 1.165) is 6.42 Å². The van der Waals surface area contributed by atoms with E-state index in [2.05, 4.69) is 31.8 Å². The second-order valence-corrected chi connectivity index (χ2v) is 6.46. The van der Waals surface area contributed by atoms with Crippen LogP contribution in [0.15, 0.2) is 23.9 Å². The van der Waals surface area contributed by atoms with Gasteiger partial charge >= 0.3 is 0 Å². The second-order valence-electron chi connectivity index (χ2n) is 6.07.